The van der Waals surface area contributed by atoms with Crippen LogP contribution in [0.4, 0.5) is 4.79 Å². The number of carbonyl (C=O) groups excluding carboxylic acids is 1. The van der Waals surface area contributed by atoms with Gasteiger partial charge in [0.1, 0.15) is 24.7 Å². The number of hydrogen-bond acceptors (Lipinski definition) is 6. The summed E-state index contributed by atoms with van der Waals surface area (Å²) in [7, 11) is 0. The van der Waals surface area contributed by atoms with Crippen LogP contribution in [0.1, 0.15) is 12.5 Å². The van der Waals surface area contributed by atoms with E-state index in [4.69, 9.17) is 25.8 Å². The molecule has 0 radical (unpaired) electrons. The first kappa shape index (κ1) is 22.1. The maximum atomic E-state index is 12.3. The second kappa shape index (κ2) is 10.5. The van der Waals surface area contributed by atoms with Crippen molar-refractivity contribution >= 4 is 29.5 Å². The summed E-state index contributed by atoms with van der Waals surface area (Å²) in [5.41, 5.74) is 1.31. The van der Waals surface area contributed by atoms with Crippen molar-refractivity contribution in [1.29, 1.82) is 0 Å². The van der Waals surface area contributed by atoms with E-state index in [0.29, 0.717) is 29.2 Å². The van der Waals surface area contributed by atoms with E-state index in [2.05, 4.69) is 17.4 Å². The fourth-order valence-corrected chi connectivity index (χ4v) is 4.81. The molecule has 3 atom stereocenters. The Morgan fingerprint density at radius 3 is 2.81 bits per heavy atom. The number of hydrogen-bond donors (Lipinski definition) is 1. The van der Waals surface area contributed by atoms with Crippen LogP contribution < -0.4 is 14.8 Å². The lowest BCUT2D eigenvalue weighted by Crippen LogP contribution is -2.38. The first-order chi connectivity index (χ1) is 15.1. The minimum atomic E-state index is -0.339. The molecule has 31 heavy (non-hydrogen) atoms. The molecular weight excluding hydrogens is 436 g/mol. The average molecular weight is 463 g/mol. The zero-order valence-corrected chi connectivity index (χ0v) is 19.0. The third-order valence-corrected chi connectivity index (χ3v) is 6.75. The van der Waals surface area contributed by atoms with Crippen molar-refractivity contribution in [1.82, 2.24) is 10.2 Å². The van der Waals surface area contributed by atoms with Gasteiger partial charge in [-0.15, -0.1) is 11.8 Å². The van der Waals surface area contributed by atoms with Gasteiger partial charge < -0.3 is 19.5 Å². The Labute approximate surface area is 192 Å². The third kappa shape index (κ3) is 6.21. The molecular formula is C23H27ClN2O4S. The van der Waals surface area contributed by atoms with Crippen molar-refractivity contribution in [3.8, 4) is 11.5 Å². The van der Waals surface area contributed by atoms with Gasteiger partial charge in [-0.1, -0.05) is 29.8 Å². The second-order valence-corrected chi connectivity index (χ2v) is 9.55. The number of rotatable bonds is 9. The maximum Gasteiger partial charge on any atom is 0.410 e. The first-order valence-electron chi connectivity index (χ1n) is 10.5. The van der Waals surface area contributed by atoms with Gasteiger partial charge >= 0.3 is 6.09 Å². The van der Waals surface area contributed by atoms with E-state index in [-0.39, 0.29) is 24.8 Å². The van der Waals surface area contributed by atoms with Gasteiger partial charge in [0.05, 0.1) is 12.6 Å². The smallest absolute Gasteiger partial charge is 0.410 e. The molecule has 166 valence electrons. The molecule has 4 rings (SSSR count). The van der Waals surface area contributed by atoms with E-state index in [1.807, 2.05) is 43.0 Å². The summed E-state index contributed by atoms with van der Waals surface area (Å²) in [5.74, 6) is 2.50. The van der Waals surface area contributed by atoms with Crippen LogP contribution in [0.3, 0.4) is 0 Å². The van der Waals surface area contributed by atoms with Crippen LogP contribution in [0.25, 0.3) is 0 Å². The lowest BCUT2D eigenvalue weighted by Gasteiger charge is -2.22. The minimum absolute atomic E-state index is 0.107. The summed E-state index contributed by atoms with van der Waals surface area (Å²) in [6.07, 6.45) is 0.400. The van der Waals surface area contributed by atoms with Gasteiger partial charge in [0.15, 0.2) is 6.10 Å². The Kier molecular flexibility index (Phi) is 7.48. The number of nitrogens with zero attached hydrogens (tertiary/aromatic N) is 1. The Morgan fingerprint density at radius 2 is 2.06 bits per heavy atom. The van der Waals surface area contributed by atoms with E-state index in [0.717, 1.165) is 24.6 Å². The van der Waals surface area contributed by atoms with Crippen molar-refractivity contribution in [2.24, 2.45) is 0 Å². The molecule has 3 unspecified atom stereocenters. The van der Waals surface area contributed by atoms with Gasteiger partial charge in [-0.05, 0) is 49.2 Å². The predicted molar refractivity (Wildman–Crippen MR) is 123 cm³/mol. The lowest BCUT2D eigenvalue weighted by molar-refractivity contribution is 0.100. The van der Waals surface area contributed by atoms with Crippen molar-refractivity contribution in [3.05, 3.63) is 59.1 Å². The molecule has 2 aliphatic heterocycles. The first-order valence-corrected chi connectivity index (χ1v) is 11.9. The van der Waals surface area contributed by atoms with E-state index in [1.165, 1.54) is 5.56 Å². The highest BCUT2D eigenvalue weighted by molar-refractivity contribution is 8.00. The van der Waals surface area contributed by atoms with Gasteiger partial charge in [0, 0.05) is 22.7 Å². The van der Waals surface area contributed by atoms with E-state index >= 15 is 0 Å². The molecule has 0 spiro atoms. The van der Waals surface area contributed by atoms with E-state index in [1.54, 1.807) is 17.0 Å². The molecule has 2 heterocycles. The van der Waals surface area contributed by atoms with Crippen molar-refractivity contribution in [2.75, 3.05) is 32.2 Å². The molecule has 2 aromatic carbocycles. The summed E-state index contributed by atoms with van der Waals surface area (Å²) in [6.45, 7) is 4.18. The lowest BCUT2D eigenvalue weighted by atomic mass is 10.1. The van der Waals surface area contributed by atoms with Crippen LogP contribution in [-0.4, -0.2) is 60.6 Å². The maximum absolute atomic E-state index is 12.3. The van der Waals surface area contributed by atoms with Crippen LogP contribution in [0.5, 0.6) is 11.5 Å². The quantitative estimate of drug-likeness (QED) is 0.602. The van der Waals surface area contributed by atoms with Gasteiger partial charge in [0.25, 0.3) is 0 Å². The number of amides is 1. The summed E-state index contributed by atoms with van der Waals surface area (Å²) < 4.78 is 17.1. The minimum Gasteiger partial charge on any atom is -0.491 e. The SMILES string of the molecule is CC(COc1ccc(CC2CNCS2)cc1)N1CC(COc2cccc(Cl)c2)OC1=O. The molecule has 2 aliphatic rings. The van der Waals surface area contributed by atoms with Crippen LogP contribution in [-0.2, 0) is 11.2 Å². The molecule has 0 saturated carbocycles. The normalized spacial score (nSPS) is 21.7. The molecule has 1 amide bonds. The van der Waals surface area contributed by atoms with Crippen LogP contribution in [0.2, 0.25) is 5.02 Å². The third-order valence-electron chi connectivity index (χ3n) is 5.34. The van der Waals surface area contributed by atoms with Crippen LogP contribution in [0.15, 0.2) is 48.5 Å². The number of carbonyl (C=O) groups is 1. The molecule has 0 aliphatic carbocycles. The highest BCUT2D eigenvalue weighted by Crippen LogP contribution is 2.23. The topological polar surface area (TPSA) is 60.0 Å². The number of benzene rings is 2. The van der Waals surface area contributed by atoms with Crippen molar-refractivity contribution in [3.63, 3.8) is 0 Å². The standard InChI is InChI=1S/C23H27ClN2O4S/c1-16(13-28-19-7-5-17(6-8-19)9-22-11-25-15-31-22)26-12-21(30-23(26)27)14-29-20-4-2-3-18(24)10-20/h2-8,10,16,21-22,25H,9,11-15H2,1H3. The summed E-state index contributed by atoms with van der Waals surface area (Å²) in [5, 5.41) is 4.62. The van der Waals surface area contributed by atoms with E-state index < -0.39 is 0 Å². The number of cyclic esters (lactones) is 1. The molecule has 1 N–H and O–H groups in total. The zero-order chi connectivity index (χ0) is 21.6. The summed E-state index contributed by atoms with van der Waals surface area (Å²) in [4.78, 5) is 14.0. The van der Waals surface area contributed by atoms with Crippen molar-refractivity contribution in [2.45, 2.75) is 30.7 Å². The summed E-state index contributed by atoms with van der Waals surface area (Å²) in [6, 6.07) is 15.3. The Balaban J connectivity index is 1.21. The molecule has 2 fully saturated rings. The molecule has 2 aromatic rings. The highest BCUT2D eigenvalue weighted by Gasteiger charge is 2.35. The number of halogens is 1. The number of ether oxygens (including phenoxy) is 3. The highest BCUT2D eigenvalue weighted by atomic mass is 35.5. The van der Waals surface area contributed by atoms with Crippen molar-refractivity contribution < 1.29 is 19.0 Å². The Morgan fingerprint density at radius 1 is 1.23 bits per heavy atom. The largest absolute Gasteiger partial charge is 0.491 e. The van der Waals surface area contributed by atoms with Crippen LogP contribution in [0, 0.1) is 0 Å². The Hall–Kier alpha value is -2.09. The van der Waals surface area contributed by atoms with E-state index in [9.17, 15) is 4.79 Å². The van der Waals surface area contributed by atoms with Gasteiger partial charge in [-0.3, -0.25) is 4.90 Å². The monoisotopic (exact) mass is 462 g/mol. The fraction of sp³-hybridized carbons (Fsp3) is 0.435. The van der Waals surface area contributed by atoms with Gasteiger partial charge in [0.2, 0.25) is 0 Å². The zero-order valence-electron chi connectivity index (χ0n) is 17.5. The molecule has 8 heteroatoms. The molecule has 0 bridgehead atoms. The number of nitrogens with one attached hydrogen (secondary N) is 1. The van der Waals surface area contributed by atoms with Crippen LogP contribution >= 0.6 is 23.4 Å². The Bertz CT molecular complexity index is 876. The molecule has 6 nitrogen and oxygen atoms in total. The second-order valence-electron chi connectivity index (χ2n) is 7.82. The predicted octanol–water partition coefficient (Wildman–Crippen LogP) is 4.21. The average Bonchev–Trinajstić information content (AvgIpc) is 3.41. The number of thioether (sulfide) groups is 1. The fourth-order valence-electron chi connectivity index (χ4n) is 3.61. The summed E-state index contributed by atoms with van der Waals surface area (Å²) >= 11 is 7.94. The van der Waals surface area contributed by atoms with Gasteiger partial charge in [-0.2, -0.15) is 0 Å². The molecule has 0 aromatic heterocycles. The van der Waals surface area contributed by atoms with Gasteiger partial charge in [-0.25, -0.2) is 4.79 Å². The molecule has 2 saturated heterocycles.